The third kappa shape index (κ3) is 3.92. The molecule has 0 aromatic carbocycles. The molecule has 1 unspecified atom stereocenters. The molecule has 2 nitrogen and oxygen atoms in total. The van der Waals surface area contributed by atoms with Crippen LogP contribution in [0.4, 0.5) is 0 Å². The zero-order chi connectivity index (χ0) is 4.99. The van der Waals surface area contributed by atoms with Gasteiger partial charge in [-0.2, -0.15) is 0 Å². The third-order valence-electron chi connectivity index (χ3n) is 0.562. The largest absolute Gasteiger partial charge is 0.396 e. The molecule has 37 valence electrons. The van der Waals surface area contributed by atoms with E-state index < -0.39 is 0 Å². The first kappa shape index (κ1) is 5.92. The number of hydrogen-bond donors (Lipinski definition) is 1. The molecule has 0 aliphatic carbocycles. The molecule has 0 rings (SSSR count). The Bertz CT molecular complexity index is 28.7. The highest BCUT2D eigenvalue weighted by Crippen LogP contribution is 1.81. The predicted molar refractivity (Wildman–Crippen MR) is 24.3 cm³/mol. The summed E-state index contributed by atoms with van der Waals surface area (Å²) in [6, 6.07) is -0.102. The summed E-state index contributed by atoms with van der Waals surface area (Å²) >= 11 is 0. The van der Waals surface area contributed by atoms with E-state index in [0.717, 1.165) is 0 Å². The number of nitrogens with one attached hydrogen (secondary N) is 1. The van der Waals surface area contributed by atoms with Crippen LogP contribution in [0.15, 0.2) is 0 Å². The Kier molecular flexibility index (Phi) is 3.08. The standard InChI is InChI=1S/C4H10NO/c1-4(5)2-3-6/h4-6H,2-3H2,1H3. The van der Waals surface area contributed by atoms with E-state index in [1.54, 1.807) is 6.92 Å². The van der Waals surface area contributed by atoms with Gasteiger partial charge in [-0.1, -0.05) is 0 Å². The summed E-state index contributed by atoms with van der Waals surface area (Å²) in [5.74, 6) is 0. The topological polar surface area (TPSA) is 44.0 Å². The predicted octanol–water partition coefficient (Wildman–Crippen LogP) is 0.0402. The van der Waals surface area contributed by atoms with Crippen molar-refractivity contribution in [3.8, 4) is 0 Å². The van der Waals surface area contributed by atoms with Crippen LogP contribution in [-0.4, -0.2) is 17.8 Å². The lowest BCUT2D eigenvalue weighted by molar-refractivity contribution is 0.277. The summed E-state index contributed by atoms with van der Waals surface area (Å²) in [6.45, 7) is 1.90. The molecule has 0 heterocycles. The van der Waals surface area contributed by atoms with Crippen LogP contribution < -0.4 is 5.73 Å². The molecular weight excluding hydrogens is 78.0 g/mol. The van der Waals surface area contributed by atoms with E-state index in [4.69, 9.17) is 10.8 Å². The molecule has 0 aromatic rings. The van der Waals surface area contributed by atoms with Crippen LogP contribution in [-0.2, 0) is 0 Å². The van der Waals surface area contributed by atoms with Crippen LogP contribution in [0.3, 0.4) is 0 Å². The van der Waals surface area contributed by atoms with Crippen molar-refractivity contribution in [3.05, 3.63) is 0 Å². The van der Waals surface area contributed by atoms with Crippen molar-refractivity contribution in [2.75, 3.05) is 6.61 Å². The quantitative estimate of drug-likeness (QED) is 0.509. The van der Waals surface area contributed by atoms with E-state index in [0.29, 0.717) is 6.42 Å². The fourth-order valence-electron chi connectivity index (χ4n) is 0.194. The lowest BCUT2D eigenvalue weighted by Crippen LogP contribution is -2.03. The average Bonchev–Trinajstić information content (AvgIpc) is 1.35. The molecule has 1 radical (unpaired) electrons. The second-order valence-corrected chi connectivity index (χ2v) is 1.41. The molecule has 6 heavy (non-hydrogen) atoms. The second-order valence-electron chi connectivity index (χ2n) is 1.41. The van der Waals surface area contributed by atoms with Gasteiger partial charge in [-0.05, 0) is 13.3 Å². The number of aliphatic hydroxyl groups is 1. The Labute approximate surface area is 38.0 Å². The van der Waals surface area contributed by atoms with Gasteiger partial charge in [-0.25, -0.2) is 0 Å². The fourth-order valence-corrected chi connectivity index (χ4v) is 0.194. The zero-order valence-corrected chi connectivity index (χ0v) is 3.94. The molecule has 0 aliphatic heterocycles. The van der Waals surface area contributed by atoms with Gasteiger partial charge in [0.1, 0.15) is 0 Å². The molecule has 2 heteroatoms. The van der Waals surface area contributed by atoms with Crippen molar-refractivity contribution in [1.29, 1.82) is 0 Å². The monoisotopic (exact) mass is 88.1 g/mol. The SMILES string of the molecule is CC([NH])CCO. The Morgan fingerprint density at radius 2 is 2.33 bits per heavy atom. The summed E-state index contributed by atoms with van der Waals surface area (Å²) in [5, 5.41) is 8.12. The highest BCUT2D eigenvalue weighted by molar-refractivity contribution is 4.46. The molecule has 0 aliphatic rings. The molecule has 0 aromatic heterocycles. The number of hydrogen-bond acceptors (Lipinski definition) is 1. The lowest BCUT2D eigenvalue weighted by atomic mass is 10.3. The van der Waals surface area contributed by atoms with Gasteiger partial charge in [0, 0.05) is 12.6 Å². The van der Waals surface area contributed by atoms with E-state index in [1.165, 1.54) is 0 Å². The van der Waals surface area contributed by atoms with Gasteiger partial charge in [-0.3, -0.25) is 5.73 Å². The van der Waals surface area contributed by atoms with Crippen LogP contribution >= 0.6 is 0 Å². The maximum Gasteiger partial charge on any atom is 0.0446 e. The molecule has 2 N–H and O–H groups in total. The number of aliphatic hydroxyl groups excluding tert-OH is 1. The maximum absolute atomic E-state index is 8.12. The summed E-state index contributed by atoms with van der Waals surface area (Å²) < 4.78 is 0. The molecule has 0 bridgehead atoms. The van der Waals surface area contributed by atoms with Gasteiger partial charge in [-0.15, -0.1) is 0 Å². The van der Waals surface area contributed by atoms with Crippen molar-refractivity contribution in [3.63, 3.8) is 0 Å². The van der Waals surface area contributed by atoms with Crippen LogP contribution in [0.2, 0.25) is 0 Å². The first-order chi connectivity index (χ1) is 2.77. The highest BCUT2D eigenvalue weighted by atomic mass is 16.3. The molecule has 0 saturated carbocycles. The maximum atomic E-state index is 8.12. The van der Waals surface area contributed by atoms with Crippen molar-refractivity contribution < 1.29 is 5.11 Å². The lowest BCUT2D eigenvalue weighted by Gasteiger charge is -1.94. The van der Waals surface area contributed by atoms with Crippen molar-refractivity contribution in [1.82, 2.24) is 5.73 Å². The molecule has 1 atom stereocenters. The second kappa shape index (κ2) is 3.12. The van der Waals surface area contributed by atoms with Crippen LogP contribution in [0.1, 0.15) is 13.3 Å². The Hall–Kier alpha value is -0.0800. The highest BCUT2D eigenvalue weighted by Gasteiger charge is 1.87. The molecular formula is C4H10NO. The average molecular weight is 88.1 g/mol. The van der Waals surface area contributed by atoms with E-state index in [1.807, 2.05) is 0 Å². The van der Waals surface area contributed by atoms with E-state index in [2.05, 4.69) is 0 Å². The minimum Gasteiger partial charge on any atom is -0.396 e. The normalized spacial score (nSPS) is 14.5. The van der Waals surface area contributed by atoms with E-state index in [9.17, 15) is 0 Å². The van der Waals surface area contributed by atoms with Crippen molar-refractivity contribution in [2.45, 2.75) is 19.4 Å². The number of rotatable bonds is 2. The summed E-state index contributed by atoms with van der Waals surface area (Å²) in [4.78, 5) is 0. The smallest absolute Gasteiger partial charge is 0.0446 e. The van der Waals surface area contributed by atoms with Gasteiger partial charge in [0.15, 0.2) is 0 Å². The van der Waals surface area contributed by atoms with Gasteiger partial charge in [0.25, 0.3) is 0 Å². The van der Waals surface area contributed by atoms with Gasteiger partial charge in [0.05, 0.1) is 0 Å². The van der Waals surface area contributed by atoms with Gasteiger partial charge < -0.3 is 5.11 Å². The first-order valence-corrected chi connectivity index (χ1v) is 2.09. The first-order valence-electron chi connectivity index (χ1n) is 2.09. The van der Waals surface area contributed by atoms with Crippen LogP contribution in [0.25, 0.3) is 0 Å². The summed E-state index contributed by atoms with van der Waals surface area (Å²) in [5.41, 5.74) is 6.82. The zero-order valence-electron chi connectivity index (χ0n) is 3.94. The van der Waals surface area contributed by atoms with Crippen LogP contribution in [0, 0.1) is 0 Å². The van der Waals surface area contributed by atoms with Gasteiger partial charge in [0.2, 0.25) is 0 Å². The minimum atomic E-state index is -0.102. The fraction of sp³-hybridized carbons (Fsp3) is 1.00. The Balaban J connectivity index is 2.63. The molecule has 0 saturated heterocycles. The third-order valence-corrected chi connectivity index (χ3v) is 0.562. The van der Waals surface area contributed by atoms with Crippen molar-refractivity contribution in [2.24, 2.45) is 0 Å². The molecule has 0 fully saturated rings. The van der Waals surface area contributed by atoms with Gasteiger partial charge >= 0.3 is 0 Å². The Morgan fingerprint density at radius 1 is 1.83 bits per heavy atom. The Morgan fingerprint density at radius 3 is 2.33 bits per heavy atom. The van der Waals surface area contributed by atoms with Crippen LogP contribution in [0.5, 0.6) is 0 Å². The summed E-state index contributed by atoms with van der Waals surface area (Å²) in [6.07, 6.45) is 0.597. The van der Waals surface area contributed by atoms with E-state index in [-0.39, 0.29) is 12.6 Å². The summed E-state index contributed by atoms with van der Waals surface area (Å²) in [7, 11) is 0. The molecule has 0 amide bonds. The van der Waals surface area contributed by atoms with Crippen molar-refractivity contribution >= 4 is 0 Å². The van der Waals surface area contributed by atoms with E-state index >= 15 is 0 Å². The minimum absolute atomic E-state index is 0.102. The molecule has 0 spiro atoms.